The summed E-state index contributed by atoms with van der Waals surface area (Å²) in [6.45, 7) is 2.78. The minimum atomic E-state index is -0.0134. The average Bonchev–Trinajstić information content (AvgIpc) is 2.39. The third kappa shape index (κ3) is 2.14. The Morgan fingerprint density at radius 1 is 1.33 bits per heavy atom. The summed E-state index contributed by atoms with van der Waals surface area (Å²) in [5, 5.41) is 1.69. The highest BCUT2D eigenvalue weighted by atomic mass is 16.2. The van der Waals surface area contributed by atoms with E-state index >= 15 is 0 Å². The molecule has 94 valence electrons. The predicted molar refractivity (Wildman–Crippen MR) is 73.4 cm³/mol. The Hall–Kier alpha value is -2.10. The Morgan fingerprint density at radius 2 is 2.00 bits per heavy atom. The van der Waals surface area contributed by atoms with Crippen molar-refractivity contribution in [2.24, 2.45) is 0 Å². The molecule has 0 aliphatic carbocycles. The smallest absolute Gasteiger partial charge is 0.255 e. The summed E-state index contributed by atoms with van der Waals surface area (Å²) in [6, 6.07) is 7.58. The van der Waals surface area contributed by atoms with E-state index in [-0.39, 0.29) is 5.91 Å². The van der Waals surface area contributed by atoms with Crippen LogP contribution in [0.15, 0.2) is 30.5 Å². The maximum absolute atomic E-state index is 12.3. The van der Waals surface area contributed by atoms with Crippen molar-refractivity contribution < 1.29 is 4.79 Å². The summed E-state index contributed by atoms with van der Waals surface area (Å²) in [5.41, 5.74) is 6.43. The molecule has 4 heteroatoms. The second-order valence-electron chi connectivity index (χ2n) is 4.33. The molecule has 0 aliphatic rings. The Bertz CT molecular complexity index is 580. The van der Waals surface area contributed by atoms with E-state index < -0.39 is 0 Å². The van der Waals surface area contributed by atoms with Crippen LogP contribution in [-0.4, -0.2) is 29.4 Å². The van der Waals surface area contributed by atoms with E-state index in [1.54, 1.807) is 18.1 Å². The quantitative estimate of drug-likeness (QED) is 0.899. The van der Waals surface area contributed by atoms with E-state index in [9.17, 15) is 4.79 Å². The number of benzene rings is 1. The van der Waals surface area contributed by atoms with Crippen LogP contribution in [0, 0.1) is 0 Å². The molecule has 1 aromatic carbocycles. The number of hydrogen-bond donors (Lipinski definition) is 1. The zero-order chi connectivity index (χ0) is 13.1. The van der Waals surface area contributed by atoms with Gasteiger partial charge in [0, 0.05) is 25.2 Å². The van der Waals surface area contributed by atoms with Gasteiger partial charge in [0.05, 0.1) is 5.56 Å². The molecule has 1 amide bonds. The fraction of sp³-hybridized carbons (Fsp3) is 0.286. The van der Waals surface area contributed by atoms with E-state index in [1.165, 1.54) is 0 Å². The van der Waals surface area contributed by atoms with Crippen LogP contribution in [0.5, 0.6) is 0 Å². The van der Waals surface area contributed by atoms with E-state index in [0.717, 1.165) is 23.7 Å². The summed E-state index contributed by atoms with van der Waals surface area (Å²) in [5.74, 6) is 0.445. The second kappa shape index (κ2) is 5.04. The van der Waals surface area contributed by atoms with Gasteiger partial charge in [0.25, 0.3) is 5.91 Å². The molecule has 0 bridgehead atoms. The first-order valence-electron chi connectivity index (χ1n) is 6.03. The zero-order valence-electron chi connectivity index (χ0n) is 10.7. The maximum atomic E-state index is 12.3. The van der Waals surface area contributed by atoms with Gasteiger partial charge in [-0.15, -0.1) is 0 Å². The van der Waals surface area contributed by atoms with Crippen molar-refractivity contribution in [3.8, 4) is 0 Å². The van der Waals surface area contributed by atoms with Gasteiger partial charge in [-0.05, 0) is 11.8 Å². The van der Waals surface area contributed by atoms with Crippen LogP contribution >= 0.6 is 0 Å². The largest absolute Gasteiger partial charge is 0.383 e. The fourth-order valence-electron chi connectivity index (χ4n) is 2.03. The van der Waals surface area contributed by atoms with Crippen molar-refractivity contribution in [3.05, 3.63) is 36.0 Å². The van der Waals surface area contributed by atoms with Gasteiger partial charge >= 0.3 is 0 Å². The standard InChI is InChI=1S/C14H17N3O/c1-3-8-17(2)14(18)12-9-16-13(15)11-7-5-4-6-10(11)12/h4-7,9H,3,8H2,1-2H3,(H2,15,16). The molecule has 1 heterocycles. The number of rotatable bonds is 3. The predicted octanol–water partition coefficient (Wildman–Crippen LogP) is 2.30. The SMILES string of the molecule is CCCN(C)C(=O)c1cnc(N)c2ccccc12. The zero-order valence-corrected chi connectivity index (χ0v) is 10.7. The number of nitrogens with zero attached hydrogens (tertiary/aromatic N) is 2. The molecule has 0 unspecified atom stereocenters. The van der Waals surface area contributed by atoms with E-state index in [2.05, 4.69) is 4.98 Å². The number of pyridine rings is 1. The number of nitrogen functional groups attached to an aromatic ring is 1. The van der Waals surface area contributed by atoms with Gasteiger partial charge in [0.2, 0.25) is 0 Å². The Morgan fingerprint density at radius 3 is 2.67 bits per heavy atom. The highest BCUT2D eigenvalue weighted by Gasteiger charge is 2.15. The highest BCUT2D eigenvalue weighted by Crippen LogP contribution is 2.23. The second-order valence-corrected chi connectivity index (χ2v) is 4.33. The molecule has 2 N–H and O–H groups in total. The lowest BCUT2D eigenvalue weighted by molar-refractivity contribution is 0.0796. The number of amides is 1. The first kappa shape index (κ1) is 12.4. The summed E-state index contributed by atoms with van der Waals surface area (Å²) in [6.07, 6.45) is 2.49. The van der Waals surface area contributed by atoms with Crippen molar-refractivity contribution in [1.29, 1.82) is 0 Å². The van der Waals surface area contributed by atoms with Crippen molar-refractivity contribution in [3.63, 3.8) is 0 Å². The van der Waals surface area contributed by atoms with Gasteiger partial charge in [-0.2, -0.15) is 0 Å². The number of carbonyl (C=O) groups excluding carboxylic acids is 1. The molecular formula is C14H17N3O. The topological polar surface area (TPSA) is 59.2 Å². The summed E-state index contributed by atoms with van der Waals surface area (Å²) >= 11 is 0. The molecule has 0 fully saturated rings. The van der Waals surface area contributed by atoms with Crippen molar-refractivity contribution in [2.75, 3.05) is 19.3 Å². The van der Waals surface area contributed by atoms with Crippen LogP contribution in [0.3, 0.4) is 0 Å². The van der Waals surface area contributed by atoms with E-state index in [1.807, 2.05) is 31.2 Å². The van der Waals surface area contributed by atoms with E-state index in [0.29, 0.717) is 11.4 Å². The molecular weight excluding hydrogens is 226 g/mol. The molecule has 4 nitrogen and oxygen atoms in total. The summed E-state index contributed by atoms with van der Waals surface area (Å²) < 4.78 is 0. The molecule has 0 aliphatic heterocycles. The molecule has 2 aromatic rings. The van der Waals surface area contributed by atoms with Gasteiger partial charge in [0.15, 0.2) is 0 Å². The molecule has 0 atom stereocenters. The van der Waals surface area contributed by atoms with Crippen molar-refractivity contribution in [1.82, 2.24) is 9.88 Å². The number of carbonyl (C=O) groups is 1. The Kier molecular flexibility index (Phi) is 3.46. The minimum absolute atomic E-state index is 0.0134. The van der Waals surface area contributed by atoms with Gasteiger partial charge in [-0.25, -0.2) is 4.98 Å². The fourth-order valence-corrected chi connectivity index (χ4v) is 2.03. The number of nitrogens with two attached hydrogens (primary N) is 1. The van der Waals surface area contributed by atoms with Crippen LogP contribution in [0.25, 0.3) is 10.8 Å². The first-order valence-corrected chi connectivity index (χ1v) is 6.03. The molecule has 2 rings (SSSR count). The molecule has 1 aromatic heterocycles. The number of aromatic nitrogens is 1. The normalized spacial score (nSPS) is 10.6. The lowest BCUT2D eigenvalue weighted by Gasteiger charge is -2.17. The Balaban J connectivity index is 2.52. The summed E-state index contributed by atoms with van der Waals surface area (Å²) in [7, 11) is 1.80. The summed E-state index contributed by atoms with van der Waals surface area (Å²) in [4.78, 5) is 18.1. The van der Waals surface area contributed by atoms with E-state index in [4.69, 9.17) is 5.73 Å². The third-order valence-corrected chi connectivity index (χ3v) is 2.96. The Labute approximate surface area is 106 Å². The molecule has 0 spiro atoms. The number of hydrogen-bond acceptors (Lipinski definition) is 3. The van der Waals surface area contributed by atoms with Crippen molar-refractivity contribution in [2.45, 2.75) is 13.3 Å². The minimum Gasteiger partial charge on any atom is -0.383 e. The van der Waals surface area contributed by atoms with Crippen molar-refractivity contribution >= 4 is 22.5 Å². The maximum Gasteiger partial charge on any atom is 0.255 e. The van der Waals surface area contributed by atoms with Crippen LogP contribution in [-0.2, 0) is 0 Å². The van der Waals surface area contributed by atoms with Gasteiger partial charge in [-0.1, -0.05) is 31.2 Å². The average molecular weight is 243 g/mol. The van der Waals surface area contributed by atoms with Gasteiger partial charge in [0.1, 0.15) is 5.82 Å². The molecule has 0 saturated carbocycles. The molecule has 18 heavy (non-hydrogen) atoms. The number of anilines is 1. The molecule has 0 saturated heterocycles. The van der Waals surface area contributed by atoms with Gasteiger partial charge in [-0.3, -0.25) is 4.79 Å². The van der Waals surface area contributed by atoms with Crippen LogP contribution in [0.1, 0.15) is 23.7 Å². The third-order valence-electron chi connectivity index (χ3n) is 2.96. The van der Waals surface area contributed by atoms with Crippen LogP contribution in [0.2, 0.25) is 0 Å². The first-order chi connectivity index (χ1) is 8.65. The highest BCUT2D eigenvalue weighted by molar-refractivity contribution is 6.08. The lowest BCUT2D eigenvalue weighted by atomic mass is 10.1. The lowest BCUT2D eigenvalue weighted by Crippen LogP contribution is -2.27. The monoisotopic (exact) mass is 243 g/mol. The molecule has 0 radical (unpaired) electrons. The van der Waals surface area contributed by atoms with Gasteiger partial charge < -0.3 is 10.6 Å². The van der Waals surface area contributed by atoms with Crippen LogP contribution < -0.4 is 5.73 Å². The van der Waals surface area contributed by atoms with Crippen LogP contribution in [0.4, 0.5) is 5.82 Å². The number of fused-ring (bicyclic) bond motifs is 1.